The van der Waals surface area contributed by atoms with Crippen LogP contribution >= 0.6 is 0 Å². The molecule has 0 amide bonds. The SMILES string of the molecule is CC.CO[C@H]1C=CC=CC1. The third-order valence-electron chi connectivity index (χ3n) is 1.24. The number of rotatable bonds is 1. The molecule has 0 aliphatic heterocycles. The first-order valence-corrected chi connectivity index (χ1v) is 3.79. The van der Waals surface area contributed by atoms with Crippen LogP contribution < -0.4 is 0 Å². The van der Waals surface area contributed by atoms with Gasteiger partial charge in [0.15, 0.2) is 0 Å². The van der Waals surface area contributed by atoms with Crippen molar-refractivity contribution in [3.05, 3.63) is 24.3 Å². The number of ether oxygens (including phenoxy) is 1. The maximum absolute atomic E-state index is 5.05. The molecule has 0 unspecified atom stereocenters. The largest absolute Gasteiger partial charge is 0.377 e. The van der Waals surface area contributed by atoms with Crippen molar-refractivity contribution >= 4 is 0 Å². The predicted molar refractivity (Wildman–Crippen MR) is 45.0 cm³/mol. The standard InChI is InChI=1S/C7H10O.C2H6/c1-8-7-5-3-2-4-6-7;1-2/h2-5,7H,6H2,1H3;1-2H3/t7-;/m0./s1. The fraction of sp³-hybridized carbons (Fsp3) is 0.556. The van der Waals surface area contributed by atoms with Gasteiger partial charge in [-0.2, -0.15) is 0 Å². The van der Waals surface area contributed by atoms with Crippen molar-refractivity contribution in [2.24, 2.45) is 0 Å². The molecular weight excluding hydrogens is 124 g/mol. The van der Waals surface area contributed by atoms with E-state index in [-0.39, 0.29) is 0 Å². The topological polar surface area (TPSA) is 9.23 Å². The highest BCUT2D eigenvalue weighted by Gasteiger charge is 1.99. The van der Waals surface area contributed by atoms with Gasteiger partial charge in [0.05, 0.1) is 6.10 Å². The molecule has 0 saturated carbocycles. The summed E-state index contributed by atoms with van der Waals surface area (Å²) in [7, 11) is 1.73. The Kier molecular flexibility index (Phi) is 6.19. The summed E-state index contributed by atoms with van der Waals surface area (Å²) in [6.45, 7) is 4.00. The number of hydrogen-bond acceptors (Lipinski definition) is 1. The van der Waals surface area contributed by atoms with E-state index in [0.29, 0.717) is 6.10 Å². The first-order valence-electron chi connectivity index (χ1n) is 3.79. The molecule has 0 saturated heterocycles. The van der Waals surface area contributed by atoms with Gasteiger partial charge in [0, 0.05) is 7.11 Å². The van der Waals surface area contributed by atoms with E-state index in [1.54, 1.807) is 7.11 Å². The summed E-state index contributed by atoms with van der Waals surface area (Å²) in [6, 6.07) is 0. The van der Waals surface area contributed by atoms with Crippen LogP contribution in [0.5, 0.6) is 0 Å². The first-order chi connectivity index (χ1) is 4.93. The molecule has 0 aromatic carbocycles. The van der Waals surface area contributed by atoms with Crippen molar-refractivity contribution in [1.29, 1.82) is 0 Å². The van der Waals surface area contributed by atoms with E-state index in [4.69, 9.17) is 4.74 Å². The lowest BCUT2D eigenvalue weighted by molar-refractivity contribution is 0.142. The molecule has 1 aliphatic rings. The van der Waals surface area contributed by atoms with Crippen molar-refractivity contribution in [1.82, 2.24) is 0 Å². The van der Waals surface area contributed by atoms with Gasteiger partial charge in [-0.3, -0.25) is 0 Å². The molecule has 10 heavy (non-hydrogen) atoms. The average Bonchev–Trinajstić information content (AvgIpc) is 2.10. The second kappa shape index (κ2) is 6.56. The van der Waals surface area contributed by atoms with Gasteiger partial charge in [0.25, 0.3) is 0 Å². The minimum atomic E-state index is 0.319. The van der Waals surface area contributed by atoms with Crippen molar-refractivity contribution in [2.75, 3.05) is 7.11 Å². The quantitative estimate of drug-likeness (QED) is 0.544. The Balaban J connectivity index is 0.000000371. The van der Waals surface area contributed by atoms with Crippen LogP contribution in [0.25, 0.3) is 0 Å². The highest BCUT2D eigenvalue weighted by atomic mass is 16.5. The van der Waals surface area contributed by atoms with Gasteiger partial charge >= 0.3 is 0 Å². The average molecular weight is 140 g/mol. The molecule has 0 aromatic heterocycles. The van der Waals surface area contributed by atoms with Crippen LogP contribution in [0.4, 0.5) is 0 Å². The molecule has 0 N–H and O–H groups in total. The zero-order chi connectivity index (χ0) is 7.82. The maximum atomic E-state index is 5.05. The summed E-state index contributed by atoms with van der Waals surface area (Å²) in [6.07, 6.45) is 9.55. The van der Waals surface area contributed by atoms with Gasteiger partial charge in [0.1, 0.15) is 0 Å². The molecule has 0 radical (unpaired) electrons. The Labute approximate surface area is 63.4 Å². The van der Waals surface area contributed by atoms with Crippen LogP contribution in [0.2, 0.25) is 0 Å². The molecule has 0 spiro atoms. The predicted octanol–water partition coefficient (Wildman–Crippen LogP) is 2.54. The van der Waals surface area contributed by atoms with Gasteiger partial charge in [-0.25, -0.2) is 0 Å². The van der Waals surface area contributed by atoms with E-state index in [0.717, 1.165) is 6.42 Å². The van der Waals surface area contributed by atoms with Gasteiger partial charge < -0.3 is 4.74 Å². The molecular formula is C9H16O. The summed E-state index contributed by atoms with van der Waals surface area (Å²) >= 11 is 0. The van der Waals surface area contributed by atoms with Crippen molar-refractivity contribution < 1.29 is 4.74 Å². The van der Waals surface area contributed by atoms with Crippen LogP contribution in [0.15, 0.2) is 24.3 Å². The fourth-order valence-electron chi connectivity index (χ4n) is 0.733. The first kappa shape index (κ1) is 9.44. The molecule has 0 bridgehead atoms. The zero-order valence-corrected chi connectivity index (χ0v) is 7.00. The van der Waals surface area contributed by atoms with Crippen LogP contribution in [-0.2, 0) is 4.74 Å². The Morgan fingerprint density at radius 1 is 1.30 bits per heavy atom. The smallest absolute Gasteiger partial charge is 0.0789 e. The van der Waals surface area contributed by atoms with Crippen molar-refractivity contribution in [2.45, 2.75) is 26.4 Å². The highest BCUT2D eigenvalue weighted by molar-refractivity contribution is 5.11. The summed E-state index contributed by atoms with van der Waals surface area (Å²) < 4.78 is 5.05. The molecule has 0 aromatic rings. The summed E-state index contributed by atoms with van der Waals surface area (Å²) in [5.41, 5.74) is 0. The molecule has 0 heterocycles. The maximum Gasteiger partial charge on any atom is 0.0789 e. The van der Waals surface area contributed by atoms with Crippen LogP contribution in [-0.4, -0.2) is 13.2 Å². The molecule has 1 atom stereocenters. The van der Waals surface area contributed by atoms with Crippen LogP contribution in [0.1, 0.15) is 20.3 Å². The van der Waals surface area contributed by atoms with E-state index in [2.05, 4.69) is 12.2 Å². The van der Waals surface area contributed by atoms with Crippen molar-refractivity contribution in [3.8, 4) is 0 Å². The second-order valence-electron chi connectivity index (χ2n) is 1.82. The Hall–Kier alpha value is -0.560. The second-order valence-corrected chi connectivity index (χ2v) is 1.82. The lowest BCUT2D eigenvalue weighted by Crippen LogP contribution is -2.05. The Morgan fingerprint density at radius 3 is 2.30 bits per heavy atom. The fourth-order valence-corrected chi connectivity index (χ4v) is 0.733. The number of allylic oxidation sites excluding steroid dienone is 2. The van der Waals surface area contributed by atoms with Crippen LogP contribution in [0, 0.1) is 0 Å². The minimum Gasteiger partial charge on any atom is -0.377 e. The molecule has 1 nitrogen and oxygen atoms in total. The normalized spacial score (nSPS) is 21.7. The summed E-state index contributed by atoms with van der Waals surface area (Å²) in [4.78, 5) is 0. The van der Waals surface area contributed by atoms with E-state index in [1.165, 1.54) is 0 Å². The van der Waals surface area contributed by atoms with Gasteiger partial charge in [-0.05, 0) is 6.42 Å². The van der Waals surface area contributed by atoms with Crippen molar-refractivity contribution in [3.63, 3.8) is 0 Å². The number of methoxy groups -OCH3 is 1. The van der Waals surface area contributed by atoms with E-state index in [1.807, 2.05) is 26.0 Å². The monoisotopic (exact) mass is 140 g/mol. The zero-order valence-electron chi connectivity index (χ0n) is 7.00. The Bertz CT molecular complexity index is 114. The molecule has 58 valence electrons. The Morgan fingerprint density at radius 2 is 2.00 bits per heavy atom. The van der Waals surface area contributed by atoms with Gasteiger partial charge in [-0.1, -0.05) is 38.2 Å². The highest BCUT2D eigenvalue weighted by Crippen LogP contribution is 2.04. The van der Waals surface area contributed by atoms with E-state index >= 15 is 0 Å². The van der Waals surface area contributed by atoms with E-state index < -0.39 is 0 Å². The van der Waals surface area contributed by atoms with Crippen LogP contribution in [0.3, 0.4) is 0 Å². The number of hydrogen-bond donors (Lipinski definition) is 0. The summed E-state index contributed by atoms with van der Waals surface area (Å²) in [5.74, 6) is 0. The van der Waals surface area contributed by atoms with E-state index in [9.17, 15) is 0 Å². The molecule has 1 aliphatic carbocycles. The molecule has 1 heteroatoms. The van der Waals surface area contributed by atoms with Gasteiger partial charge in [0.2, 0.25) is 0 Å². The van der Waals surface area contributed by atoms with Gasteiger partial charge in [-0.15, -0.1) is 0 Å². The third-order valence-corrected chi connectivity index (χ3v) is 1.24. The third kappa shape index (κ3) is 3.46. The summed E-state index contributed by atoms with van der Waals surface area (Å²) in [5, 5.41) is 0. The minimum absolute atomic E-state index is 0.319. The molecule has 0 fully saturated rings. The lowest BCUT2D eigenvalue weighted by Gasteiger charge is -2.08. The molecule has 1 rings (SSSR count). The lowest BCUT2D eigenvalue weighted by atomic mass is 10.1.